The molecule has 128 valence electrons. The first kappa shape index (κ1) is 17.7. The number of amides is 1. The van der Waals surface area contributed by atoms with E-state index in [0.717, 1.165) is 0 Å². The van der Waals surface area contributed by atoms with Gasteiger partial charge < -0.3 is 14.8 Å². The van der Waals surface area contributed by atoms with E-state index in [1.807, 2.05) is 0 Å². The molecule has 1 amide bonds. The number of carbonyl (C=O) groups is 1. The zero-order valence-electron chi connectivity index (χ0n) is 12.7. The van der Waals surface area contributed by atoms with Crippen LogP contribution in [-0.2, 0) is 0 Å². The first-order chi connectivity index (χ1) is 11.6. The minimum atomic E-state index is -2.90. The molecule has 0 aliphatic carbocycles. The van der Waals surface area contributed by atoms with Crippen molar-refractivity contribution < 1.29 is 27.4 Å². The molecule has 0 aliphatic heterocycles. The number of nitrogens with one attached hydrogen (secondary N) is 1. The Morgan fingerprint density at radius 2 is 1.79 bits per heavy atom. The summed E-state index contributed by atoms with van der Waals surface area (Å²) in [5, 5.41) is 2.66. The zero-order valence-corrected chi connectivity index (χ0v) is 12.7. The summed E-state index contributed by atoms with van der Waals surface area (Å²) < 4.78 is 46.8. The molecule has 0 spiro atoms. The molecule has 24 heavy (non-hydrogen) atoms. The fraction of sp³-hybridized carbons (Fsp3) is 0.235. The summed E-state index contributed by atoms with van der Waals surface area (Å²) in [7, 11) is 0. The molecule has 0 atom stereocenters. The number of ether oxygens (including phenoxy) is 2. The molecule has 2 aromatic rings. The van der Waals surface area contributed by atoms with Gasteiger partial charge in [-0.25, -0.2) is 4.39 Å². The van der Waals surface area contributed by atoms with Gasteiger partial charge in [0.2, 0.25) is 0 Å². The third-order valence-electron chi connectivity index (χ3n) is 3.04. The summed E-state index contributed by atoms with van der Waals surface area (Å²) in [6, 6.07) is 11.4. The predicted molar refractivity (Wildman–Crippen MR) is 81.9 cm³/mol. The molecule has 7 heteroatoms. The molecule has 0 fully saturated rings. The maximum Gasteiger partial charge on any atom is 0.387 e. The molecular weight excluding hydrogens is 323 g/mol. The lowest BCUT2D eigenvalue weighted by Crippen LogP contribution is -2.25. The molecule has 0 aromatic heterocycles. The second kappa shape index (κ2) is 8.81. The summed E-state index contributed by atoms with van der Waals surface area (Å²) in [5.74, 6) is -0.629. The topological polar surface area (TPSA) is 47.6 Å². The SMILES string of the molecule is O=C(NCCCOc1ccccc1F)c1ccc(OC(F)F)cc1. The van der Waals surface area contributed by atoms with Gasteiger partial charge in [0, 0.05) is 12.1 Å². The lowest BCUT2D eigenvalue weighted by molar-refractivity contribution is -0.0498. The largest absolute Gasteiger partial charge is 0.490 e. The predicted octanol–water partition coefficient (Wildman–Crippen LogP) is 3.63. The van der Waals surface area contributed by atoms with Crippen molar-refractivity contribution in [1.29, 1.82) is 0 Å². The van der Waals surface area contributed by atoms with Gasteiger partial charge in [-0.15, -0.1) is 0 Å². The number of para-hydroxylation sites is 1. The van der Waals surface area contributed by atoms with Crippen molar-refractivity contribution in [3.05, 3.63) is 59.9 Å². The normalized spacial score (nSPS) is 10.5. The van der Waals surface area contributed by atoms with E-state index in [1.54, 1.807) is 12.1 Å². The van der Waals surface area contributed by atoms with E-state index in [4.69, 9.17) is 4.74 Å². The Morgan fingerprint density at radius 3 is 2.46 bits per heavy atom. The second-order valence-corrected chi connectivity index (χ2v) is 4.79. The monoisotopic (exact) mass is 339 g/mol. The maximum absolute atomic E-state index is 13.3. The maximum atomic E-state index is 13.3. The Kier molecular flexibility index (Phi) is 6.48. The van der Waals surface area contributed by atoms with Crippen molar-refractivity contribution in [3.8, 4) is 11.5 Å². The van der Waals surface area contributed by atoms with Crippen LogP contribution in [-0.4, -0.2) is 25.7 Å². The van der Waals surface area contributed by atoms with Crippen LogP contribution < -0.4 is 14.8 Å². The number of rotatable bonds is 8. The van der Waals surface area contributed by atoms with E-state index >= 15 is 0 Å². The fourth-order valence-corrected chi connectivity index (χ4v) is 1.91. The quantitative estimate of drug-likeness (QED) is 0.747. The van der Waals surface area contributed by atoms with E-state index in [0.29, 0.717) is 18.5 Å². The van der Waals surface area contributed by atoms with Crippen molar-refractivity contribution in [1.82, 2.24) is 5.32 Å². The van der Waals surface area contributed by atoms with Gasteiger partial charge in [-0.1, -0.05) is 12.1 Å². The van der Waals surface area contributed by atoms with Gasteiger partial charge in [0.1, 0.15) is 5.75 Å². The first-order valence-corrected chi connectivity index (χ1v) is 7.26. The molecule has 1 N–H and O–H groups in total. The summed E-state index contributed by atoms with van der Waals surface area (Å²) in [5.41, 5.74) is 0.326. The van der Waals surface area contributed by atoms with Crippen LogP contribution in [0.15, 0.2) is 48.5 Å². The highest BCUT2D eigenvalue weighted by Gasteiger charge is 2.08. The van der Waals surface area contributed by atoms with Crippen LogP contribution in [0.5, 0.6) is 11.5 Å². The Labute approximate surface area is 137 Å². The van der Waals surface area contributed by atoms with Crippen LogP contribution in [0.25, 0.3) is 0 Å². The molecule has 0 saturated heterocycles. The van der Waals surface area contributed by atoms with E-state index in [-0.39, 0.29) is 24.0 Å². The highest BCUT2D eigenvalue weighted by atomic mass is 19.3. The van der Waals surface area contributed by atoms with Crippen LogP contribution in [0.2, 0.25) is 0 Å². The number of alkyl halides is 2. The molecule has 0 aliphatic rings. The number of benzene rings is 2. The van der Waals surface area contributed by atoms with Crippen LogP contribution in [0, 0.1) is 5.82 Å². The van der Waals surface area contributed by atoms with Crippen LogP contribution in [0.1, 0.15) is 16.8 Å². The van der Waals surface area contributed by atoms with Gasteiger partial charge in [0.25, 0.3) is 5.91 Å². The van der Waals surface area contributed by atoms with Gasteiger partial charge in [-0.2, -0.15) is 8.78 Å². The fourth-order valence-electron chi connectivity index (χ4n) is 1.91. The van der Waals surface area contributed by atoms with Gasteiger partial charge in [0.05, 0.1) is 6.61 Å². The number of carbonyl (C=O) groups excluding carboxylic acids is 1. The van der Waals surface area contributed by atoms with Crippen molar-refractivity contribution in [2.75, 3.05) is 13.2 Å². The molecule has 0 saturated carbocycles. The third kappa shape index (κ3) is 5.49. The van der Waals surface area contributed by atoms with Gasteiger partial charge in [0.15, 0.2) is 11.6 Å². The van der Waals surface area contributed by atoms with E-state index in [1.165, 1.54) is 36.4 Å². The molecular formula is C17H16F3NO3. The van der Waals surface area contributed by atoms with Crippen LogP contribution >= 0.6 is 0 Å². The Bertz CT molecular complexity index is 662. The Morgan fingerprint density at radius 1 is 1.08 bits per heavy atom. The number of halogens is 3. The number of hydrogen-bond donors (Lipinski definition) is 1. The highest BCUT2D eigenvalue weighted by Crippen LogP contribution is 2.16. The molecule has 4 nitrogen and oxygen atoms in total. The highest BCUT2D eigenvalue weighted by molar-refractivity contribution is 5.94. The zero-order chi connectivity index (χ0) is 17.4. The van der Waals surface area contributed by atoms with Crippen LogP contribution in [0.3, 0.4) is 0 Å². The van der Waals surface area contributed by atoms with Crippen molar-refractivity contribution in [2.24, 2.45) is 0 Å². The summed E-state index contributed by atoms with van der Waals surface area (Å²) >= 11 is 0. The summed E-state index contributed by atoms with van der Waals surface area (Å²) in [4.78, 5) is 11.9. The van der Waals surface area contributed by atoms with Crippen LogP contribution in [0.4, 0.5) is 13.2 Å². The molecule has 0 radical (unpaired) electrons. The smallest absolute Gasteiger partial charge is 0.387 e. The van der Waals surface area contributed by atoms with Gasteiger partial charge in [-0.05, 0) is 42.8 Å². The lowest BCUT2D eigenvalue weighted by Gasteiger charge is -2.09. The average Bonchev–Trinajstić information content (AvgIpc) is 2.56. The molecule has 2 aromatic carbocycles. The van der Waals surface area contributed by atoms with Crippen molar-refractivity contribution >= 4 is 5.91 Å². The first-order valence-electron chi connectivity index (χ1n) is 7.26. The van der Waals surface area contributed by atoms with E-state index in [2.05, 4.69) is 10.1 Å². The average molecular weight is 339 g/mol. The number of hydrogen-bond acceptors (Lipinski definition) is 3. The van der Waals surface area contributed by atoms with E-state index < -0.39 is 12.4 Å². The van der Waals surface area contributed by atoms with E-state index in [9.17, 15) is 18.0 Å². The van der Waals surface area contributed by atoms with Gasteiger partial charge in [-0.3, -0.25) is 4.79 Å². The summed E-state index contributed by atoms with van der Waals surface area (Å²) in [6.45, 7) is -2.32. The molecule has 2 rings (SSSR count). The summed E-state index contributed by atoms with van der Waals surface area (Å²) in [6.07, 6.45) is 0.493. The van der Waals surface area contributed by atoms with Crippen molar-refractivity contribution in [3.63, 3.8) is 0 Å². The Balaban J connectivity index is 1.70. The molecule has 0 bridgehead atoms. The third-order valence-corrected chi connectivity index (χ3v) is 3.04. The lowest BCUT2D eigenvalue weighted by atomic mass is 10.2. The van der Waals surface area contributed by atoms with Gasteiger partial charge >= 0.3 is 6.61 Å². The molecule has 0 heterocycles. The van der Waals surface area contributed by atoms with Crippen molar-refractivity contribution in [2.45, 2.75) is 13.0 Å². The Hall–Kier alpha value is -2.70. The standard InChI is InChI=1S/C17H16F3NO3/c18-14-4-1-2-5-15(14)23-11-3-10-21-16(22)12-6-8-13(9-7-12)24-17(19)20/h1-2,4-9,17H,3,10-11H2,(H,21,22). The molecule has 0 unspecified atom stereocenters. The second-order valence-electron chi connectivity index (χ2n) is 4.79. The minimum Gasteiger partial charge on any atom is -0.490 e. The minimum absolute atomic E-state index is 0.0140.